The van der Waals surface area contributed by atoms with E-state index in [0.29, 0.717) is 5.92 Å². The predicted molar refractivity (Wildman–Crippen MR) is 105 cm³/mol. The quantitative estimate of drug-likeness (QED) is 0.416. The molecule has 0 N–H and O–H groups in total. The van der Waals surface area contributed by atoms with E-state index in [1.807, 2.05) is 6.08 Å². The smallest absolute Gasteiger partial charge is 0.192 e. The van der Waals surface area contributed by atoms with E-state index < -0.39 is 8.32 Å². The Hall–Kier alpha value is -1.12. The Morgan fingerprint density at radius 1 is 1.22 bits per heavy atom. The van der Waals surface area contributed by atoms with Crippen LogP contribution in [0.25, 0.3) is 0 Å². The fraction of sp³-hybridized carbons (Fsp3) is 0.524. The molecule has 1 aromatic rings. The number of hydrogen-bond donors (Lipinski definition) is 0. The van der Waals surface area contributed by atoms with E-state index in [0.717, 1.165) is 6.42 Å². The summed E-state index contributed by atoms with van der Waals surface area (Å²) in [5.41, 5.74) is 2.56. The predicted octanol–water partition coefficient (Wildman–Crippen LogP) is 6.39. The van der Waals surface area contributed by atoms with Gasteiger partial charge in [-0.15, -0.1) is 0 Å². The lowest BCUT2D eigenvalue weighted by Gasteiger charge is -2.40. The molecule has 2 heteroatoms. The highest BCUT2D eigenvalue weighted by atomic mass is 28.4. The fourth-order valence-corrected chi connectivity index (χ4v) is 3.73. The standard InChI is InChI=1S/C21H34OSi/c1-9-17(2)15-18(3)20(16-19-13-11-10-12-14-19)22-23(7,8)21(4,5)6/h9-15,18,20H,1,16H2,2-8H3/b17-15+/t18-,20-/m1/s1. The molecule has 0 aromatic heterocycles. The van der Waals surface area contributed by atoms with Crippen LogP contribution in [-0.4, -0.2) is 14.4 Å². The summed E-state index contributed by atoms with van der Waals surface area (Å²) in [6.07, 6.45) is 5.36. The van der Waals surface area contributed by atoms with E-state index in [4.69, 9.17) is 4.43 Å². The van der Waals surface area contributed by atoms with Crippen LogP contribution in [0.1, 0.15) is 40.2 Å². The maximum atomic E-state index is 6.77. The van der Waals surface area contributed by atoms with Crippen LogP contribution < -0.4 is 0 Å². The van der Waals surface area contributed by atoms with Gasteiger partial charge in [-0.25, -0.2) is 0 Å². The van der Waals surface area contributed by atoms with Gasteiger partial charge in [0.2, 0.25) is 0 Å². The molecule has 0 spiro atoms. The van der Waals surface area contributed by atoms with Crippen LogP contribution in [0.2, 0.25) is 18.1 Å². The van der Waals surface area contributed by atoms with Crippen molar-refractivity contribution in [2.24, 2.45) is 5.92 Å². The molecule has 0 amide bonds. The monoisotopic (exact) mass is 330 g/mol. The average molecular weight is 331 g/mol. The zero-order valence-electron chi connectivity index (χ0n) is 16.0. The summed E-state index contributed by atoms with van der Waals surface area (Å²) in [6, 6.07) is 10.7. The average Bonchev–Trinajstić information content (AvgIpc) is 2.46. The van der Waals surface area contributed by atoms with E-state index in [-0.39, 0.29) is 11.1 Å². The summed E-state index contributed by atoms with van der Waals surface area (Å²) >= 11 is 0. The zero-order chi connectivity index (χ0) is 17.7. The number of hydrogen-bond acceptors (Lipinski definition) is 1. The molecule has 23 heavy (non-hydrogen) atoms. The molecule has 0 saturated carbocycles. The second kappa shape index (κ2) is 8.12. The van der Waals surface area contributed by atoms with Gasteiger partial charge >= 0.3 is 0 Å². The third kappa shape index (κ3) is 6.12. The lowest BCUT2D eigenvalue weighted by molar-refractivity contribution is 0.145. The van der Waals surface area contributed by atoms with Gasteiger partial charge in [-0.3, -0.25) is 0 Å². The van der Waals surface area contributed by atoms with Crippen molar-refractivity contribution in [2.75, 3.05) is 0 Å². The van der Waals surface area contributed by atoms with Crippen LogP contribution in [0.15, 0.2) is 54.6 Å². The van der Waals surface area contributed by atoms with Gasteiger partial charge < -0.3 is 4.43 Å². The van der Waals surface area contributed by atoms with Crippen molar-refractivity contribution in [2.45, 2.75) is 65.3 Å². The summed E-state index contributed by atoms with van der Waals surface area (Å²) in [5, 5.41) is 0.221. The maximum absolute atomic E-state index is 6.77. The minimum atomic E-state index is -1.80. The Labute approximate surface area is 144 Å². The first-order valence-electron chi connectivity index (χ1n) is 8.59. The fourth-order valence-electron chi connectivity index (χ4n) is 2.33. The van der Waals surface area contributed by atoms with Crippen LogP contribution in [0.5, 0.6) is 0 Å². The summed E-state index contributed by atoms with van der Waals surface area (Å²) in [4.78, 5) is 0. The Balaban J connectivity index is 3.03. The van der Waals surface area contributed by atoms with Crippen LogP contribution in [0.3, 0.4) is 0 Å². The molecule has 0 aliphatic rings. The van der Waals surface area contributed by atoms with E-state index in [2.05, 4.69) is 90.7 Å². The third-order valence-corrected chi connectivity index (χ3v) is 9.47. The molecule has 0 saturated heterocycles. The molecular weight excluding hydrogens is 296 g/mol. The minimum absolute atomic E-state index is 0.202. The van der Waals surface area contributed by atoms with Crippen LogP contribution in [0.4, 0.5) is 0 Å². The Kier molecular flexibility index (Phi) is 7.03. The first kappa shape index (κ1) is 19.9. The van der Waals surface area contributed by atoms with Crippen molar-refractivity contribution in [1.82, 2.24) is 0 Å². The molecule has 0 fully saturated rings. The molecule has 0 bridgehead atoms. The lowest BCUT2D eigenvalue weighted by Crippen LogP contribution is -2.46. The minimum Gasteiger partial charge on any atom is -0.413 e. The highest BCUT2D eigenvalue weighted by molar-refractivity contribution is 6.74. The molecule has 1 nitrogen and oxygen atoms in total. The van der Waals surface area contributed by atoms with Gasteiger partial charge in [-0.1, -0.05) is 82.3 Å². The molecule has 1 aromatic carbocycles. The van der Waals surface area contributed by atoms with Gasteiger partial charge in [0.15, 0.2) is 8.32 Å². The Bertz CT molecular complexity index is 523. The van der Waals surface area contributed by atoms with Gasteiger partial charge in [0.1, 0.15) is 0 Å². The molecule has 1 rings (SSSR count). The number of rotatable bonds is 7. The van der Waals surface area contributed by atoms with Gasteiger partial charge in [-0.2, -0.15) is 0 Å². The van der Waals surface area contributed by atoms with Crippen molar-refractivity contribution >= 4 is 8.32 Å². The second-order valence-electron chi connectivity index (χ2n) is 8.08. The van der Waals surface area contributed by atoms with Crippen LogP contribution >= 0.6 is 0 Å². The molecular formula is C21H34OSi. The SMILES string of the molecule is C=C/C(C)=C/[C@@H](C)[C@@H](Cc1ccccc1)O[Si](C)(C)C(C)(C)C. The van der Waals surface area contributed by atoms with E-state index >= 15 is 0 Å². The summed E-state index contributed by atoms with van der Waals surface area (Å²) in [7, 11) is -1.80. The lowest BCUT2D eigenvalue weighted by atomic mass is 9.96. The summed E-state index contributed by atoms with van der Waals surface area (Å²) in [5.74, 6) is 0.363. The van der Waals surface area contributed by atoms with Crippen molar-refractivity contribution in [3.8, 4) is 0 Å². The topological polar surface area (TPSA) is 9.23 Å². The third-order valence-electron chi connectivity index (χ3n) is 4.97. The molecule has 0 radical (unpaired) electrons. The molecule has 128 valence electrons. The van der Waals surface area contributed by atoms with Crippen molar-refractivity contribution in [3.05, 3.63) is 60.2 Å². The maximum Gasteiger partial charge on any atom is 0.192 e. The summed E-state index contributed by atoms with van der Waals surface area (Å²) < 4.78 is 6.77. The normalized spacial score (nSPS) is 16.0. The summed E-state index contributed by atoms with van der Waals surface area (Å²) in [6.45, 7) is 19.8. The zero-order valence-corrected chi connectivity index (χ0v) is 17.0. The Morgan fingerprint density at radius 3 is 2.26 bits per heavy atom. The van der Waals surface area contributed by atoms with Crippen molar-refractivity contribution < 1.29 is 4.43 Å². The first-order valence-corrected chi connectivity index (χ1v) is 11.5. The molecule has 0 aliphatic heterocycles. The highest BCUT2D eigenvalue weighted by Crippen LogP contribution is 2.38. The van der Waals surface area contributed by atoms with E-state index in [1.54, 1.807) is 0 Å². The second-order valence-corrected chi connectivity index (χ2v) is 12.8. The highest BCUT2D eigenvalue weighted by Gasteiger charge is 2.39. The molecule has 0 unspecified atom stereocenters. The van der Waals surface area contributed by atoms with Crippen molar-refractivity contribution in [1.29, 1.82) is 0 Å². The van der Waals surface area contributed by atoms with E-state index in [1.165, 1.54) is 11.1 Å². The molecule has 0 heterocycles. The Morgan fingerprint density at radius 2 is 1.78 bits per heavy atom. The van der Waals surface area contributed by atoms with Gasteiger partial charge in [0.25, 0.3) is 0 Å². The van der Waals surface area contributed by atoms with Crippen molar-refractivity contribution in [3.63, 3.8) is 0 Å². The molecule has 2 atom stereocenters. The largest absolute Gasteiger partial charge is 0.413 e. The van der Waals surface area contributed by atoms with Gasteiger partial charge in [0.05, 0.1) is 6.10 Å². The number of benzene rings is 1. The number of allylic oxidation sites excluding steroid dienone is 2. The van der Waals surface area contributed by atoms with Gasteiger partial charge in [-0.05, 0) is 43.0 Å². The van der Waals surface area contributed by atoms with E-state index in [9.17, 15) is 0 Å². The molecule has 0 aliphatic carbocycles. The van der Waals surface area contributed by atoms with Crippen LogP contribution in [-0.2, 0) is 10.8 Å². The van der Waals surface area contributed by atoms with Crippen LogP contribution in [0, 0.1) is 5.92 Å². The van der Waals surface area contributed by atoms with Gasteiger partial charge in [0, 0.05) is 0 Å². The first-order chi connectivity index (χ1) is 10.6.